The van der Waals surface area contributed by atoms with Crippen molar-refractivity contribution < 1.29 is 17.9 Å². The predicted octanol–water partition coefficient (Wildman–Crippen LogP) is 3.25. The first-order valence-electron chi connectivity index (χ1n) is 9.13. The molecule has 1 aliphatic rings. The van der Waals surface area contributed by atoms with Crippen molar-refractivity contribution in [2.24, 2.45) is 0 Å². The first kappa shape index (κ1) is 21.0. The van der Waals surface area contributed by atoms with Gasteiger partial charge in [0.25, 0.3) is 5.91 Å². The van der Waals surface area contributed by atoms with Gasteiger partial charge in [-0.3, -0.25) is 4.79 Å². The smallest absolute Gasteiger partial charge is 0.257 e. The molecule has 0 radical (unpaired) electrons. The molecular formula is C18H27ClN2O4S. The van der Waals surface area contributed by atoms with Gasteiger partial charge >= 0.3 is 0 Å². The van der Waals surface area contributed by atoms with Crippen LogP contribution >= 0.6 is 11.6 Å². The number of amides is 1. The normalized spacial score (nSPS) is 15.2. The van der Waals surface area contributed by atoms with Crippen LogP contribution in [0.4, 0.5) is 0 Å². The van der Waals surface area contributed by atoms with Crippen LogP contribution < -0.4 is 14.8 Å². The Labute approximate surface area is 160 Å². The minimum Gasteiger partial charge on any atom is -0.482 e. The summed E-state index contributed by atoms with van der Waals surface area (Å²) in [6, 6.07) is 4.27. The van der Waals surface area contributed by atoms with E-state index in [0.717, 1.165) is 44.9 Å². The van der Waals surface area contributed by atoms with Crippen molar-refractivity contribution >= 4 is 27.5 Å². The third-order valence-corrected chi connectivity index (χ3v) is 6.17. The maximum Gasteiger partial charge on any atom is 0.257 e. The summed E-state index contributed by atoms with van der Waals surface area (Å²) in [5.74, 6) is 0.0620. The fourth-order valence-electron chi connectivity index (χ4n) is 2.89. The maximum absolute atomic E-state index is 12.4. The van der Waals surface area contributed by atoms with E-state index in [1.54, 1.807) is 0 Å². The standard InChI is InChI=1S/C18H27ClN2O4S/c1-2-3-6-11-20-18(22)13-25-17-10-9-15(12-16(17)19)26(23,24)21-14-7-4-5-8-14/h9-10,12,14,21H,2-8,11,13H2,1H3,(H,20,22). The van der Waals surface area contributed by atoms with E-state index in [0.29, 0.717) is 6.54 Å². The highest BCUT2D eigenvalue weighted by molar-refractivity contribution is 7.89. The second kappa shape index (κ2) is 10.1. The van der Waals surface area contributed by atoms with E-state index in [9.17, 15) is 13.2 Å². The third kappa shape index (κ3) is 6.45. The van der Waals surface area contributed by atoms with Gasteiger partial charge in [0, 0.05) is 12.6 Å². The van der Waals surface area contributed by atoms with Crippen molar-refractivity contribution in [1.82, 2.24) is 10.0 Å². The van der Waals surface area contributed by atoms with Crippen molar-refractivity contribution in [2.45, 2.75) is 62.8 Å². The van der Waals surface area contributed by atoms with Crippen molar-refractivity contribution in [3.05, 3.63) is 23.2 Å². The molecule has 1 amide bonds. The Bertz CT molecular complexity index is 703. The van der Waals surface area contributed by atoms with E-state index in [1.165, 1.54) is 18.2 Å². The van der Waals surface area contributed by atoms with E-state index >= 15 is 0 Å². The Hall–Kier alpha value is -1.31. The second-order valence-corrected chi connectivity index (χ2v) is 8.66. The van der Waals surface area contributed by atoms with Crippen LogP contribution in [-0.4, -0.2) is 33.5 Å². The monoisotopic (exact) mass is 402 g/mol. The van der Waals surface area contributed by atoms with E-state index in [4.69, 9.17) is 16.3 Å². The van der Waals surface area contributed by atoms with Crippen LogP contribution in [0, 0.1) is 0 Å². The molecule has 0 atom stereocenters. The van der Waals surface area contributed by atoms with Crippen LogP contribution in [0.5, 0.6) is 5.75 Å². The van der Waals surface area contributed by atoms with Gasteiger partial charge < -0.3 is 10.1 Å². The molecule has 1 aromatic rings. The molecule has 1 aliphatic carbocycles. The Morgan fingerprint density at radius 1 is 1.27 bits per heavy atom. The molecular weight excluding hydrogens is 376 g/mol. The van der Waals surface area contributed by atoms with Crippen molar-refractivity contribution in [2.75, 3.05) is 13.2 Å². The molecule has 26 heavy (non-hydrogen) atoms. The Morgan fingerprint density at radius 2 is 2.00 bits per heavy atom. The molecule has 0 bridgehead atoms. The Balaban J connectivity index is 1.89. The number of benzene rings is 1. The number of hydrogen-bond donors (Lipinski definition) is 2. The van der Waals surface area contributed by atoms with E-state index in [2.05, 4.69) is 17.0 Å². The molecule has 2 N–H and O–H groups in total. The summed E-state index contributed by atoms with van der Waals surface area (Å²) in [7, 11) is -3.60. The highest BCUT2D eigenvalue weighted by atomic mass is 35.5. The van der Waals surface area contributed by atoms with Crippen LogP contribution in [0.2, 0.25) is 5.02 Å². The van der Waals surface area contributed by atoms with Gasteiger partial charge in [-0.2, -0.15) is 0 Å². The van der Waals surface area contributed by atoms with E-state index in [-0.39, 0.29) is 34.2 Å². The van der Waals surface area contributed by atoms with Gasteiger partial charge in [-0.25, -0.2) is 13.1 Å². The summed E-state index contributed by atoms with van der Waals surface area (Å²) in [6.45, 7) is 2.56. The molecule has 0 unspecified atom stereocenters. The van der Waals surface area contributed by atoms with Gasteiger partial charge in [0.1, 0.15) is 5.75 Å². The summed E-state index contributed by atoms with van der Waals surface area (Å²) in [5.41, 5.74) is 0. The number of nitrogens with one attached hydrogen (secondary N) is 2. The lowest BCUT2D eigenvalue weighted by molar-refractivity contribution is -0.123. The number of hydrogen-bond acceptors (Lipinski definition) is 4. The first-order valence-corrected chi connectivity index (χ1v) is 11.0. The summed E-state index contributed by atoms with van der Waals surface area (Å²) < 4.78 is 32.9. The number of rotatable bonds is 10. The van der Waals surface area contributed by atoms with Crippen LogP contribution in [-0.2, 0) is 14.8 Å². The number of unbranched alkanes of at least 4 members (excludes halogenated alkanes) is 2. The molecule has 0 saturated heterocycles. The average molecular weight is 403 g/mol. The fourth-order valence-corrected chi connectivity index (χ4v) is 4.52. The van der Waals surface area contributed by atoms with Crippen LogP contribution in [0.15, 0.2) is 23.1 Å². The topological polar surface area (TPSA) is 84.5 Å². The van der Waals surface area contributed by atoms with Crippen LogP contribution in [0.3, 0.4) is 0 Å². The third-order valence-electron chi connectivity index (χ3n) is 4.35. The lowest BCUT2D eigenvalue weighted by Gasteiger charge is -2.14. The average Bonchev–Trinajstić information content (AvgIpc) is 3.10. The molecule has 1 aromatic carbocycles. The summed E-state index contributed by atoms with van der Waals surface area (Å²) >= 11 is 6.13. The molecule has 0 spiro atoms. The number of carbonyl (C=O) groups is 1. The second-order valence-electron chi connectivity index (χ2n) is 6.54. The van der Waals surface area contributed by atoms with Gasteiger partial charge in [0.2, 0.25) is 10.0 Å². The fraction of sp³-hybridized carbons (Fsp3) is 0.611. The van der Waals surface area contributed by atoms with Crippen LogP contribution in [0.1, 0.15) is 51.9 Å². The maximum atomic E-state index is 12.4. The van der Waals surface area contributed by atoms with E-state index < -0.39 is 10.0 Å². The number of halogens is 1. The zero-order chi connectivity index (χ0) is 19.0. The lowest BCUT2D eigenvalue weighted by Crippen LogP contribution is -2.32. The highest BCUT2D eigenvalue weighted by Crippen LogP contribution is 2.28. The SMILES string of the molecule is CCCCCNC(=O)COc1ccc(S(=O)(=O)NC2CCCC2)cc1Cl. The van der Waals surface area contributed by atoms with Gasteiger partial charge in [-0.05, 0) is 37.5 Å². The molecule has 1 saturated carbocycles. The molecule has 6 nitrogen and oxygen atoms in total. The van der Waals surface area contributed by atoms with Crippen molar-refractivity contribution in [3.63, 3.8) is 0 Å². The zero-order valence-corrected chi connectivity index (χ0v) is 16.7. The lowest BCUT2D eigenvalue weighted by atomic mass is 10.2. The van der Waals surface area contributed by atoms with Gasteiger partial charge in [0.05, 0.1) is 9.92 Å². The minimum absolute atomic E-state index is 0.00824. The molecule has 146 valence electrons. The quantitative estimate of drug-likeness (QED) is 0.588. The van der Waals surface area contributed by atoms with Gasteiger partial charge in [0.15, 0.2) is 6.61 Å². The molecule has 2 rings (SSSR count). The summed E-state index contributed by atoms with van der Waals surface area (Å²) in [4.78, 5) is 11.8. The van der Waals surface area contributed by atoms with Crippen molar-refractivity contribution in [3.8, 4) is 5.75 Å². The minimum atomic E-state index is -3.60. The molecule has 1 fully saturated rings. The molecule has 8 heteroatoms. The molecule has 0 aliphatic heterocycles. The van der Waals surface area contributed by atoms with Gasteiger partial charge in [-0.1, -0.05) is 44.2 Å². The first-order chi connectivity index (χ1) is 12.4. The van der Waals surface area contributed by atoms with Crippen molar-refractivity contribution in [1.29, 1.82) is 0 Å². The highest BCUT2D eigenvalue weighted by Gasteiger charge is 2.23. The molecule has 0 aromatic heterocycles. The predicted molar refractivity (Wildman–Crippen MR) is 102 cm³/mol. The molecule has 0 heterocycles. The van der Waals surface area contributed by atoms with E-state index in [1.807, 2.05) is 0 Å². The Kier molecular flexibility index (Phi) is 8.18. The van der Waals surface area contributed by atoms with Crippen LogP contribution in [0.25, 0.3) is 0 Å². The number of sulfonamides is 1. The largest absolute Gasteiger partial charge is 0.482 e. The zero-order valence-electron chi connectivity index (χ0n) is 15.1. The van der Waals surface area contributed by atoms with Gasteiger partial charge in [-0.15, -0.1) is 0 Å². The number of carbonyl (C=O) groups excluding carboxylic acids is 1. The Morgan fingerprint density at radius 3 is 2.65 bits per heavy atom. The number of ether oxygens (including phenoxy) is 1. The summed E-state index contributed by atoms with van der Waals surface area (Å²) in [5, 5.41) is 2.94. The summed E-state index contributed by atoms with van der Waals surface area (Å²) in [6.07, 6.45) is 6.90.